The van der Waals surface area contributed by atoms with E-state index in [9.17, 15) is 4.79 Å². The summed E-state index contributed by atoms with van der Waals surface area (Å²) in [5.74, 6) is 1.33. The number of aldehydes is 1. The van der Waals surface area contributed by atoms with E-state index in [0.29, 0.717) is 24.1 Å². The highest BCUT2D eigenvalue weighted by molar-refractivity contribution is 5.80. The minimum atomic E-state index is 0.605. The molecule has 2 aliphatic heterocycles. The standard InChI is InChI=1S/C19H28N2O2/c1-15(2)7-11-23-19-12-17(6-5-16(19)14-22)21-10-9-20-8-3-4-18(20)13-21/h5-6,12,14-15,18H,3-4,7-11,13H2,1-2H3. The number of benzene rings is 1. The Labute approximate surface area is 139 Å². The largest absolute Gasteiger partial charge is 0.493 e. The Kier molecular flexibility index (Phi) is 5.21. The minimum Gasteiger partial charge on any atom is -0.493 e. The molecular formula is C19H28N2O2. The summed E-state index contributed by atoms with van der Waals surface area (Å²) < 4.78 is 5.89. The van der Waals surface area contributed by atoms with E-state index in [1.165, 1.54) is 25.1 Å². The van der Waals surface area contributed by atoms with E-state index in [-0.39, 0.29) is 0 Å². The van der Waals surface area contributed by atoms with Gasteiger partial charge in [0.05, 0.1) is 12.2 Å². The smallest absolute Gasteiger partial charge is 0.153 e. The molecule has 126 valence electrons. The third-order valence-electron chi connectivity index (χ3n) is 5.03. The van der Waals surface area contributed by atoms with Gasteiger partial charge in [0.2, 0.25) is 0 Å². The molecule has 3 rings (SSSR count). The van der Waals surface area contributed by atoms with Gasteiger partial charge in [0.15, 0.2) is 6.29 Å². The van der Waals surface area contributed by atoms with E-state index in [1.807, 2.05) is 6.07 Å². The average Bonchev–Trinajstić information content (AvgIpc) is 3.02. The van der Waals surface area contributed by atoms with E-state index in [0.717, 1.165) is 38.1 Å². The first-order valence-electron chi connectivity index (χ1n) is 8.88. The number of rotatable bonds is 6. The van der Waals surface area contributed by atoms with Gasteiger partial charge in [-0.3, -0.25) is 9.69 Å². The summed E-state index contributed by atoms with van der Waals surface area (Å²) >= 11 is 0. The molecule has 1 aromatic carbocycles. The van der Waals surface area contributed by atoms with Crippen LogP contribution in [0.3, 0.4) is 0 Å². The lowest BCUT2D eigenvalue weighted by Gasteiger charge is -2.39. The number of piperazine rings is 1. The van der Waals surface area contributed by atoms with Crippen molar-refractivity contribution >= 4 is 12.0 Å². The van der Waals surface area contributed by atoms with Crippen molar-refractivity contribution in [3.8, 4) is 5.75 Å². The van der Waals surface area contributed by atoms with Crippen LogP contribution in [0.4, 0.5) is 5.69 Å². The topological polar surface area (TPSA) is 32.8 Å². The zero-order valence-corrected chi connectivity index (χ0v) is 14.3. The first-order chi connectivity index (χ1) is 11.2. The lowest BCUT2D eigenvalue weighted by Crippen LogP contribution is -2.50. The number of ether oxygens (including phenoxy) is 1. The summed E-state index contributed by atoms with van der Waals surface area (Å²) in [6, 6.07) is 6.70. The van der Waals surface area contributed by atoms with Gasteiger partial charge in [-0.2, -0.15) is 0 Å². The Morgan fingerprint density at radius 1 is 1.30 bits per heavy atom. The zero-order valence-electron chi connectivity index (χ0n) is 14.3. The van der Waals surface area contributed by atoms with Gasteiger partial charge in [-0.05, 0) is 43.9 Å². The second kappa shape index (κ2) is 7.35. The van der Waals surface area contributed by atoms with E-state index in [1.54, 1.807) is 0 Å². The molecule has 4 nitrogen and oxygen atoms in total. The van der Waals surface area contributed by atoms with Crippen molar-refractivity contribution in [3.05, 3.63) is 23.8 Å². The van der Waals surface area contributed by atoms with Crippen LogP contribution in [0.5, 0.6) is 5.75 Å². The van der Waals surface area contributed by atoms with Crippen molar-refractivity contribution in [1.82, 2.24) is 4.90 Å². The Bertz CT molecular complexity index is 544. The minimum absolute atomic E-state index is 0.605. The molecule has 2 fully saturated rings. The van der Waals surface area contributed by atoms with Crippen molar-refractivity contribution in [2.75, 3.05) is 37.7 Å². The summed E-state index contributed by atoms with van der Waals surface area (Å²) in [6.45, 7) is 9.57. The van der Waals surface area contributed by atoms with Gasteiger partial charge < -0.3 is 9.64 Å². The summed E-state index contributed by atoms with van der Waals surface area (Å²) in [6.07, 6.45) is 4.53. The van der Waals surface area contributed by atoms with Gasteiger partial charge in [0.25, 0.3) is 0 Å². The Morgan fingerprint density at radius 3 is 2.96 bits per heavy atom. The molecule has 0 saturated carbocycles. The van der Waals surface area contributed by atoms with Crippen molar-refractivity contribution in [3.63, 3.8) is 0 Å². The van der Waals surface area contributed by atoms with Gasteiger partial charge >= 0.3 is 0 Å². The highest BCUT2D eigenvalue weighted by Crippen LogP contribution is 2.29. The maximum Gasteiger partial charge on any atom is 0.153 e. The third kappa shape index (κ3) is 3.86. The Balaban J connectivity index is 1.70. The summed E-state index contributed by atoms with van der Waals surface area (Å²) in [4.78, 5) is 16.3. The van der Waals surface area contributed by atoms with Crippen LogP contribution >= 0.6 is 0 Å². The van der Waals surface area contributed by atoms with Crippen molar-refractivity contribution in [2.24, 2.45) is 5.92 Å². The molecule has 2 aliphatic rings. The molecular weight excluding hydrogens is 288 g/mol. The van der Waals surface area contributed by atoms with Crippen LogP contribution in [0.2, 0.25) is 0 Å². The van der Waals surface area contributed by atoms with E-state index < -0.39 is 0 Å². The molecule has 1 aromatic rings. The first kappa shape index (κ1) is 16.3. The molecule has 0 bridgehead atoms. The summed E-state index contributed by atoms with van der Waals surface area (Å²) in [5, 5.41) is 0. The van der Waals surface area contributed by atoms with E-state index in [4.69, 9.17) is 4.74 Å². The fourth-order valence-corrected chi connectivity index (χ4v) is 3.57. The van der Waals surface area contributed by atoms with Gasteiger partial charge in [0.1, 0.15) is 5.75 Å². The maximum atomic E-state index is 11.3. The molecule has 1 atom stereocenters. The predicted molar refractivity (Wildman–Crippen MR) is 93.6 cm³/mol. The zero-order chi connectivity index (χ0) is 16.2. The third-order valence-corrected chi connectivity index (χ3v) is 5.03. The Morgan fingerprint density at radius 2 is 2.17 bits per heavy atom. The molecule has 0 N–H and O–H groups in total. The molecule has 0 amide bonds. The fraction of sp³-hybridized carbons (Fsp3) is 0.632. The second-order valence-corrected chi connectivity index (χ2v) is 7.15. The molecule has 0 aromatic heterocycles. The normalized spacial score (nSPS) is 21.5. The summed E-state index contributed by atoms with van der Waals surface area (Å²) in [7, 11) is 0. The van der Waals surface area contributed by atoms with Crippen LogP contribution in [0.15, 0.2) is 18.2 Å². The highest BCUT2D eigenvalue weighted by atomic mass is 16.5. The number of nitrogens with zero attached hydrogens (tertiary/aromatic N) is 2. The second-order valence-electron chi connectivity index (χ2n) is 7.15. The van der Waals surface area contributed by atoms with Crippen LogP contribution in [-0.2, 0) is 0 Å². The number of anilines is 1. The number of carbonyl (C=O) groups is 1. The van der Waals surface area contributed by atoms with Crippen LogP contribution < -0.4 is 9.64 Å². The Hall–Kier alpha value is -1.55. The lowest BCUT2D eigenvalue weighted by molar-refractivity contribution is 0.111. The molecule has 0 radical (unpaired) electrons. The maximum absolute atomic E-state index is 11.3. The SMILES string of the molecule is CC(C)CCOc1cc(N2CCN3CCCC3C2)ccc1C=O. The lowest BCUT2D eigenvalue weighted by atomic mass is 10.1. The first-order valence-corrected chi connectivity index (χ1v) is 8.88. The monoisotopic (exact) mass is 316 g/mol. The van der Waals surface area contributed by atoms with Gasteiger partial charge in [-0.1, -0.05) is 13.8 Å². The van der Waals surface area contributed by atoms with Crippen molar-refractivity contribution < 1.29 is 9.53 Å². The fourth-order valence-electron chi connectivity index (χ4n) is 3.57. The molecule has 0 aliphatic carbocycles. The van der Waals surface area contributed by atoms with Crippen LogP contribution in [0.25, 0.3) is 0 Å². The summed E-state index contributed by atoms with van der Waals surface area (Å²) in [5.41, 5.74) is 1.83. The van der Waals surface area contributed by atoms with Gasteiger partial charge in [0, 0.05) is 37.4 Å². The molecule has 4 heteroatoms. The van der Waals surface area contributed by atoms with Crippen molar-refractivity contribution in [2.45, 2.75) is 39.2 Å². The predicted octanol–water partition coefficient (Wildman–Crippen LogP) is 3.21. The van der Waals surface area contributed by atoms with Gasteiger partial charge in [-0.25, -0.2) is 0 Å². The number of carbonyl (C=O) groups excluding carboxylic acids is 1. The van der Waals surface area contributed by atoms with E-state index >= 15 is 0 Å². The number of hydrogen-bond donors (Lipinski definition) is 0. The quantitative estimate of drug-likeness (QED) is 0.755. The molecule has 23 heavy (non-hydrogen) atoms. The highest BCUT2D eigenvalue weighted by Gasteiger charge is 2.30. The number of hydrogen-bond acceptors (Lipinski definition) is 4. The van der Waals surface area contributed by atoms with Crippen molar-refractivity contribution in [1.29, 1.82) is 0 Å². The number of fused-ring (bicyclic) bond motifs is 1. The average molecular weight is 316 g/mol. The molecule has 1 unspecified atom stereocenters. The van der Waals surface area contributed by atoms with Crippen LogP contribution in [-0.4, -0.2) is 50.0 Å². The van der Waals surface area contributed by atoms with Crippen LogP contribution in [0, 0.1) is 5.92 Å². The van der Waals surface area contributed by atoms with E-state index in [2.05, 4.69) is 35.8 Å². The molecule has 2 heterocycles. The van der Waals surface area contributed by atoms with Gasteiger partial charge in [-0.15, -0.1) is 0 Å². The molecule has 2 saturated heterocycles. The molecule has 0 spiro atoms. The van der Waals surface area contributed by atoms with Crippen LogP contribution in [0.1, 0.15) is 43.5 Å².